The molecule has 1 aliphatic rings. The molecule has 0 bridgehead atoms. The molecule has 1 aliphatic heterocycles. The highest BCUT2D eigenvalue weighted by molar-refractivity contribution is 5.81. The van der Waals surface area contributed by atoms with E-state index in [4.69, 9.17) is 4.74 Å². The van der Waals surface area contributed by atoms with Gasteiger partial charge >= 0.3 is 5.97 Å². The van der Waals surface area contributed by atoms with E-state index in [0.717, 1.165) is 25.9 Å². The van der Waals surface area contributed by atoms with Crippen LogP contribution in [0.1, 0.15) is 29.5 Å². The highest BCUT2D eigenvalue weighted by Crippen LogP contribution is 2.25. The second-order valence-corrected chi connectivity index (χ2v) is 7.35. The van der Waals surface area contributed by atoms with E-state index in [9.17, 15) is 9.90 Å². The first kappa shape index (κ1) is 20.3. The molecule has 1 fully saturated rings. The van der Waals surface area contributed by atoms with Gasteiger partial charge in [0.1, 0.15) is 0 Å². The van der Waals surface area contributed by atoms with Crippen LogP contribution in [0.2, 0.25) is 0 Å². The fraction of sp³-hybridized carbons (Fsp3) is 0.375. The Morgan fingerprint density at radius 3 is 2.68 bits per heavy atom. The number of piperidine rings is 1. The Morgan fingerprint density at radius 2 is 1.93 bits per heavy atom. The molecule has 0 spiro atoms. The van der Waals surface area contributed by atoms with Crippen molar-refractivity contribution >= 4 is 11.5 Å². The van der Waals surface area contributed by atoms with Crippen LogP contribution in [0.4, 0.5) is 0 Å². The number of carboxylic acids is 1. The third kappa shape index (κ3) is 5.54. The predicted molar refractivity (Wildman–Crippen MR) is 112 cm³/mol. The van der Waals surface area contributed by atoms with Gasteiger partial charge in [0, 0.05) is 13.1 Å². The summed E-state index contributed by atoms with van der Waals surface area (Å²) in [5.74, 6) is -0.918. The summed E-state index contributed by atoms with van der Waals surface area (Å²) in [7, 11) is 0. The number of aliphatic carboxylic acids is 1. The number of nitrogens with zero attached hydrogens (tertiary/aromatic N) is 1. The number of hydrogen-bond donors (Lipinski definition) is 1. The average Bonchev–Trinajstić information content (AvgIpc) is 2.72. The van der Waals surface area contributed by atoms with Crippen molar-refractivity contribution in [3.05, 3.63) is 77.4 Å². The summed E-state index contributed by atoms with van der Waals surface area (Å²) in [5.41, 5.74) is 4.83. The van der Waals surface area contributed by atoms with E-state index in [-0.39, 0.29) is 5.92 Å². The Balaban J connectivity index is 1.58. The lowest BCUT2D eigenvalue weighted by molar-refractivity contribution is -0.143. The highest BCUT2D eigenvalue weighted by atomic mass is 16.5. The van der Waals surface area contributed by atoms with Gasteiger partial charge in [0.2, 0.25) is 0 Å². The number of carbonyl (C=O) groups is 1. The summed E-state index contributed by atoms with van der Waals surface area (Å²) in [6.07, 6.45) is 3.88. The van der Waals surface area contributed by atoms with Crippen LogP contribution < -0.4 is 0 Å². The minimum Gasteiger partial charge on any atom is -0.481 e. The number of rotatable bonds is 8. The van der Waals surface area contributed by atoms with Crippen molar-refractivity contribution in [2.75, 3.05) is 32.8 Å². The summed E-state index contributed by atoms with van der Waals surface area (Å²) in [6.45, 7) is 5.65. The van der Waals surface area contributed by atoms with E-state index in [1.165, 1.54) is 22.3 Å². The molecule has 1 unspecified atom stereocenters. The molecular formula is C24H29NO3. The van der Waals surface area contributed by atoms with Crippen molar-refractivity contribution in [3.63, 3.8) is 0 Å². The lowest BCUT2D eigenvalue weighted by Crippen LogP contribution is -2.40. The van der Waals surface area contributed by atoms with Crippen LogP contribution in [-0.2, 0) is 9.53 Å². The summed E-state index contributed by atoms with van der Waals surface area (Å²) in [5, 5.41) is 9.20. The van der Waals surface area contributed by atoms with E-state index in [2.05, 4.69) is 66.4 Å². The van der Waals surface area contributed by atoms with Crippen molar-refractivity contribution in [2.24, 2.45) is 5.92 Å². The molecule has 4 heteroatoms. The first-order valence-electron chi connectivity index (χ1n) is 9.99. The van der Waals surface area contributed by atoms with Gasteiger partial charge in [-0.2, -0.15) is 0 Å². The van der Waals surface area contributed by atoms with Crippen LogP contribution in [0.25, 0.3) is 5.57 Å². The number of aryl methyl sites for hydroxylation is 1. The second-order valence-electron chi connectivity index (χ2n) is 7.35. The Labute approximate surface area is 167 Å². The molecule has 0 aromatic heterocycles. The molecule has 1 atom stereocenters. The molecule has 28 heavy (non-hydrogen) atoms. The number of likely N-dealkylation sites (tertiary alicyclic amines) is 1. The Morgan fingerprint density at radius 1 is 1.18 bits per heavy atom. The van der Waals surface area contributed by atoms with Crippen molar-refractivity contribution in [3.8, 4) is 0 Å². The Bertz CT molecular complexity index is 801. The molecule has 1 saturated heterocycles. The fourth-order valence-corrected chi connectivity index (χ4v) is 3.76. The third-order valence-electron chi connectivity index (χ3n) is 5.33. The lowest BCUT2D eigenvalue weighted by atomic mass is 9.94. The van der Waals surface area contributed by atoms with Crippen LogP contribution in [0.5, 0.6) is 0 Å². The zero-order valence-corrected chi connectivity index (χ0v) is 16.5. The maximum Gasteiger partial charge on any atom is 0.307 e. The van der Waals surface area contributed by atoms with Crippen molar-refractivity contribution in [1.29, 1.82) is 0 Å². The zero-order valence-electron chi connectivity index (χ0n) is 16.5. The molecule has 0 amide bonds. The molecule has 1 heterocycles. The van der Waals surface area contributed by atoms with Gasteiger partial charge in [0.25, 0.3) is 0 Å². The van der Waals surface area contributed by atoms with Gasteiger partial charge in [0.15, 0.2) is 0 Å². The first-order chi connectivity index (χ1) is 13.6. The summed E-state index contributed by atoms with van der Waals surface area (Å²) in [6, 6.07) is 18.8. The zero-order chi connectivity index (χ0) is 19.8. The van der Waals surface area contributed by atoms with Gasteiger partial charge < -0.3 is 14.7 Å². The number of ether oxygens (including phenoxy) is 1. The van der Waals surface area contributed by atoms with Crippen molar-refractivity contribution in [1.82, 2.24) is 4.90 Å². The van der Waals surface area contributed by atoms with Crippen LogP contribution in [0.3, 0.4) is 0 Å². The topological polar surface area (TPSA) is 49.8 Å². The molecule has 0 saturated carbocycles. The van der Waals surface area contributed by atoms with Crippen molar-refractivity contribution < 1.29 is 14.6 Å². The number of benzene rings is 2. The maximum absolute atomic E-state index is 11.2. The SMILES string of the molecule is Cc1ccccc1/C(=C/COCCN1CCCC(C(=O)O)C1)c1ccccc1. The smallest absolute Gasteiger partial charge is 0.307 e. The second kappa shape index (κ2) is 10.2. The molecular weight excluding hydrogens is 350 g/mol. The lowest BCUT2D eigenvalue weighted by Gasteiger charge is -2.30. The molecule has 0 aliphatic carbocycles. The van der Waals surface area contributed by atoms with Gasteiger partial charge in [-0.05, 0) is 48.6 Å². The van der Waals surface area contributed by atoms with Crippen LogP contribution in [-0.4, -0.2) is 48.8 Å². The monoisotopic (exact) mass is 379 g/mol. The van der Waals surface area contributed by atoms with E-state index in [0.29, 0.717) is 19.8 Å². The molecule has 4 nitrogen and oxygen atoms in total. The van der Waals surface area contributed by atoms with E-state index >= 15 is 0 Å². The highest BCUT2D eigenvalue weighted by Gasteiger charge is 2.24. The van der Waals surface area contributed by atoms with Gasteiger partial charge in [-0.3, -0.25) is 4.79 Å². The van der Waals surface area contributed by atoms with Crippen LogP contribution in [0.15, 0.2) is 60.7 Å². The van der Waals surface area contributed by atoms with E-state index < -0.39 is 5.97 Å². The Hall–Kier alpha value is -2.43. The molecule has 0 radical (unpaired) electrons. The largest absolute Gasteiger partial charge is 0.481 e. The molecule has 2 aromatic rings. The van der Waals surface area contributed by atoms with Crippen LogP contribution in [0, 0.1) is 12.8 Å². The average molecular weight is 380 g/mol. The Kier molecular flexibility index (Phi) is 7.40. The van der Waals surface area contributed by atoms with Gasteiger partial charge in [-0.1, -0.05) is 60.7 Å². The summed E-state index contributed by atoms with van der Waals surface area (Å²) in [4.78, 5) is 13.4. The molecule has 2 aromatic carbocycles. The predicted octanol–water partition coefficient (Wildman–Crippen LogP) is 4.24. The van der Waals surface area contributed by atoms with Gasteiger partial charge in [-0.15, -0.1) is 0 Å². The minimum atomic E-state index is -0.681. The van der Waals surface area contributed by atoms with E-state index in [1.807, 2.05) is 6.07 Å². The summed E-state index contributed by atoms with van der Waals surface area (Å²) >= 11 is 0. The fourth-order valence-electron chi connectivity index (χ4n) is 3.76. The quantitative estimate of drug-likeness (QED) is 0.697. The van der Waals surface area contributed by atoms with E-state index in [1.54, 1.807) is 0 Å². The number of carboxylic acid groups (broad SMARTS) is 1. The standard InChI is InChI=1S/C24H29NO3/c1-19-8-5-6-12-22(19)23(20-9-3-2-4-10-20)13-16-28-17-15-25-14-7-11-21(18-25)24(26)27/h2-6,8-10,12-13,21H,7,11,14-18H2,1H3,(H,26,27)/b23-13+. The normalized spacial score (nSPS) is 18.2. The first-order valence-corrected chi connectivity index (χ1v) is 9.99. The summed E-state index contributed by atoms with van der Waals surface area (Å²) < 4.78 is 5.88. The molecule has 3 rings (SSSR count). The molecule has 148 valence electrons. The minimum absolute atomic E-state index is 0.237. The maximum atomic E-state index is 11.2. The van der Waals surface area contributed by atoms with Crippen molar-refractivity contribution in [2.45, 2.75) is 19.8 Å². The van der Waals surface area contributed by atoms with Gasteiger partial charge in [-0.25, -0.2) is 0 Å². The third-order valence-corrected chi connectivity index (χ3v) is 5.33. The van der Waals surface area contributed by atoms with Crippen LogP contribution >= 0.6 is 0 Å². The number of hydrogen-bond acceptors (Lipinski definition) is 3. The van der Waals surface area contributed by atoms with Gasteiger partial charge in [0.05, 0.1) is 19.1 Å². The molecule has 1 N–H and O–H groups in total.